The van der Waals surface area contributed by atoms with Crippen molar-refractivity contribution < 1.29 is 9.53 Å². The van der Waals surface area contributed by atoms with Crippen molar-refractivity contribution in [3.63, 3.8) is 0 Å². The third-order valence-corrected chi connectivity index (χ3v) is 3.27. The number of rotatable bonds is 3. The molecule has 22 heavy (non-hydrogen) atoms. The van der Waals surface area contributed by atoms with Crippen molar-refractivity contribution in [1.29, 1.82) is 0 Å². The zero-order valence-corrected chi connectivity index (χ0v) is 13.0. The zero-order chi connectivity index (χ0) is 15.7. The summed E-state index contributed by atoms with van der Waals surface area (Å²) < 4.78 is 7.16. The molecule has 1 fully saturated rings. The number of pyridine rings is 1. The summed E-state index contributed by atoms with van der Waals surface area (Å²) in [7, 11) is 0. The molecule has 0 radical (unpaired) electrons. The molecule has 2 aromatic rings. The molecule has 0 aliphatic heterocycles. The third-order valence-electron chi connectivity index (χ3n) is 3.27. The van der Waals surface area contributed by atoms with E-state index in [4.69, 9.17) is 4.74 Å². The van der Waals surface area contributed by atoms with Crippen molar-refractivity contribution in [2.45, 2.75) is 45.1 Å². The monoisotopic (exact) mass is 300 g/mol. The average molecular weight is 300 g/mol. The minimum Gasteiger partial charge on any atom is -0.444 e. The van der Waals surface area contributed by atoms with E-state index in [0.29, 0.717) is 11.7 Å². The number of aromatic nitrogens is 3. The van der Waals surface area contributed by atoms with Gasteiger partial charge < -0.3 is 9.30 Å². The number of hydrogen-bond acceptors (Lipinski definition) is 4. The van der Waals surface area contributed by atoms with Crippen LogP contribution in [0.4, 0.5) is 10.6 Å². The lowest BCUT2D eigenvalue weighted by Crippen LogP contribution is -2.27. The second kappa shape index (κ2) is 5.44. The Labute approximate surface area is 129 Å². The highest BCUT2D eigenvalue weighted by atomic mass is 16.6. The van der Waals surface area contributed by atoms with Gasteiger partial charge in [-0.05, 0) is 39.7 Å². The summed E-state index contributed by atoms with van der Waals surface area (Å²) in [6.45, 7) is 5.46. The number of ether oxygens (including phenoxy) is 1. The number of hydrogen-bond donors (Lipinski definition) is 1. The highest BCUT2D eigenvalue weighted by Crippen LogP contribution is 2.39. The Morgan fingerprint density at radius 2 is 2.14 bits per heavy atom. The van der Waals surface area contributed by atoms with Crippen LogP contribution in [0.15, 0.2) is 30.9 Å². The van der Waals surface area contributed by atoms with Crippen molar-refractivity contribution in [3.8, 4) is 5.69 Å². The Morgan fingerprint density at radius 3 is 2.82 bits per heavy atom. The summed E-state index contributed by atoms with van der Waals surface area (Å²) in [5.41, 5.74) is 1.49. The third kappa shape index (κ3) is 3.63. The molecule has 1 aliphatic carbocycles. The van der Waals surface area contributed by atoms with Crippen molar-refractivity contribution in [3.05, 3.63) is 36.5 Å². The maximum atomic E-state index is 11.8. The van der Waals surface area contributed by atoms with Gasteiger partial charge >= 0.3 is 6.09 Å². The highest BCUT2D eigenvalue weighted by molar-refractivity contribution is 5.83. The Balaban J connectivity index is 1.72. The van der Waals surface area contributed by atoms with E-state index in [0.717, 1.165) is 11.4 Å². The molecule has 6 nitrogen and oxygen atoms in total. The van der Waals surface area contributed by atoms with Crippen LogP contribution >= 0.6 is 0 Å². The van der Waals surface area contributed by atoms with E-state index in [1.807, 2.05) is 37.6 Å². The lowest BCUT2D eigenvalue weighted by Gasteiger charge is -2.19. The van der Waals surface area contributed by atoms with Crippen LogP contribution < -0.4 is 5.32 Å². The van der Waals surface area contributed by atoms with Crippen LogP contribution in [0.1, 0.15) is 45.2 Å². The molecule has 1 aliphatic rings. The van der Waals surface area contributed by atoms with Gasteiger partial charge in [-0.15, -0.1) is 0 Å². The number of amides is 1. The smallest absolute Gasteiger partial charge is 0.413 e. The van der Waals surface area contributed by atoms with Crippen molar-refractivity contribution >= 4 is 11.9 Å². The van der Waals surface area contributed by atoms with Gasteiger partial charge in [0.2, 0.25) is 0 Å². The molecule has 2 aromatic heterocycles. The summed E-state index contributed by atoms with van der Waals surface area (Å²) in [6, 6.07) is 3.67. The van der Waals surface area contributed by atoms with Gasteiger partial charge in [0.15, 0.2) is 0 Å². The number of anilines is 1. The Kier molecular flexibility index (Phi) is 3.60. The lowest BCUT2D eigenvalue weighted by molar-refractivity contribution is 0.0635. The predicted octanol–water partition coefficient (Wildman–Crippen LogP) is 3.49. The molecule has 0 aromatic carbocycles. The maximum Gasteiger partial charge on any atom is 0.413 e. The van der Waals surface area contributed by atoms with Gasteiger partial charge in [-0.2, -0.15) is 0 Å². The molecule has 0 bridgehead atoms. The fourth-order valence-electron chi connectivity index (χ4n) is 2.13. The first-order chi connectivity index (χ1) is 10.4. The summed E-state index contributed by atoms with van der Waals surface area (Å²) >= 11 is 0. The van der Waals surface area contributed by atoms with E-state index in [9.17, 15) is 4.79 Å². The predicted molar refractivity (Wildman–Crippen MR) is 83.2 cm³/mol. The number of carbonyl (C=O) groups is 1. The molecular weight excluding hydrogens is 280 g/mol. The second-order valence-electron chi connectivity index (χ2n) is 6.51. The van der Waals surface area contributed by atoms with Crippen molar-refractivity contribution in [1.82, 2.24) is 14.5 Å². The molecule has 0 unspecified atom stereocenters. The number of nitrogens with zero attached hydrogens (tertiary/aromatic N) is 3. The molecule has 0 saturated heterocycles. The standard InChI is InChI=1S/C16H20N4O2/c1-16(2,3)22-15(21)19-14-8-12(6-7-17-14)20-9-13(18-10-20)11-4-5-11/h6-11H,4-5H2,1-3H3,(H,17,19,21). The van der Waals surface area contributed by atoms with Gasteiger partial charge in [-0.3, -0.25) is 5.32 Å². The zero-order valence-electron chi connectivity index (χ0n) is 13.0. The van der Waals surface area contributed by atoms with Crippen LogP contribution in [0, 0.1) is 0 Å². The van der Waals surface area contributed by atoms with Gasteiger partial charge in [0, 0.05) is 24.4 Å². The van der Waals surface area contributed by atoms with Gasteiger partial charge in [0.05, 0.1) is 17.7 Å². The van der Waals surface area contributed by atoms with Crippen LogP contribution in [0.3, 0.4) is 0 Å². The first kappa shape index (κ1) is 14.6. The Hall–Kier alpha value is -2.37. The van der Waals surface area contributed by atoms with Gasteiger partial charge in [0.1, 0.15) is 11.4 Å². The first-order valence-corrected chi connectivity index (χ1v) is 7.41. The average Bonchev–Trinajstić information content (AvgIpc) is 3.14. The summed E-state index contributed by atoms with van der Waals surface area (Å²) in [5, 5.41) is 2.64. The molecule has 0 spiro atoms. The van der Waals surface area contributed by atoms with E-state index < -0.39 is 11.7 Å². The van der Waals surface area contributed by atoms with Crippen molar-refractivity contribution in [2.75, 3.05) is 5.32 Å². The van der Waals surface area contributed by atoms with Crippen LogP contribution in [0.5, 0.6) is 0 Å². The molecule has 3 rings (SSSR count). The summed E-state index contributed by atoms with van der Waals surface area (Å²) in [6.07, 6.45) is 7.41. The van der Waals surface area contributed by atoms with Crippen LogP contribution in [-0.4, -0.2) is 26.2 Å². The first-order valence-electron chi connectivity index (χ1n) is 7.41. The molecule has 116 valence electrons. The van der Waals surface area contributed by atoms with Crippen molar-refractivity contribution in [2.24, 2.45) is 0 Å². The lowest BCUT2D eigenvalue weighted by atomic mass is 10.2. The molecule has 0 atom stereocenters. The van der Waals surface area contributed by atoms with E-state index in [-0.39, 0.29) is 0 Å². The second-order valence-corrected chi connectivity index (χ2v) is 6.51. The van der Waals surface area contributed by atoms with Gasteiger partial charge in [-0.1, -0.05) is 0 Å². The number of imidazole rings is 1. The molecule has 6 heteroatoms. The Bertz CT molecular complexity index is 683. The van der Waals surface area contributed by atoms with Crippen LogP contribution in [-0.2, 0) is 4.74 Å². The number of carbonyl (C=O) groups excluding carboxylic acids is 1. The molecule has 1 saturated carbocycles. The summed E-state index contributed by atoms with van der Waals surface area (Å²) in [5.74, 6) is 1.07. The SMILES string of the molecule is CC(C)(C)OC(=O)Nc1cc(-n2cnc(C3CC3)c2)ccn1. The van der Waals surface area contributed by atoms with Crippen LogP contribution in [0.25, 0.3) is 5.69 Å². The fraction of sp³-hybridized carbons (Fsp3) is 0.438. The minimum atomic E-state index is -0.537. The van der Waals surface area contributed by atoms with Crippen LogP contribution in [0.2, 0.25) is 0 Å². The van der Waals surface area contributed by atoms with E-state index >= 15 is 0 Å². The quantitative estimate of drug-likeness (QED) is 0.942. The topological polar surface area (TPSA) is 69.0 Å². The maximum absolute atomic E-state index is 11.8. The van der Waals surface area contributed by atoms with E-state index in [1.54, 1.807) is 18.6 Å². The van der Waals surface area contributed by atoms with E-state index in [2.05, 4.69) is 15.3 Å². The Morgan fingerprint density at radius 1 is 1.36 bits per heavy atom. The van der Waals surface area contributed by atoms with E-state index in [1.165, 1.54) is 12.8 Å². The van der Waals surface area contributed by atoms with Gasteiger partial charge in [0.25, 0.3) is 0 Å². The largest absolute Gasteiger partial charge is 0.444 e. The minimum absolute atomic E-state index is 0.452. The molecule has 1 N–H and O–H groups in total. The number of nitrogens with one attached hydrogen (secondary N) is 1. The van der Waals surface area contributed by atoms with Gasteiger partial charge in [-0.25, -0.2) is 14.8 Å². The fourth-order valence-corrected chi connectivity index (χ4v) is 2.13. The molecule has 2 heterocycles. The molecular formula is C16H20N4O2. The molecule has 1 amide bonds. The summed E-state index contributed by atoms with van der Waals surface area (Å²) in [4.78, 5) is 20.4. The highest BCUT2D eigenvalue weighted by Gasteiger charge is 2.25. The normalized spacial score (nSPS) is 14.7.